The van der Waals surface area contributed by atoms with Gasteiger partial charge in [-0.1, -0.05) is 6.92 Å². The van der Waals surface area contributed by atoms with Crippen LogP contribution in [-0.4, -0.2) is 43.6 Å². The number of alkyl halides is 1. The number of hydrogen-bond acceptors (Lipinski definition) is 2. The minimum absolute atomic E-state index is 0.329. The fraction of sp³-hybridized carbons (Fsp3) is 1.00. The van der Waals surface area contributed by atoms with Crippen molar-refractivity contribution in [1.82, 2.24) is 4.90 Å². The van der Waals surface area contributed by atoms with E-state index in [0.717, 1.165) is 19.7 Å². The number of methoxy groups -OCH3 is 1. The molecule has 0 N–H and O–H groups in total. The number of likely N-dealkylation sites (tertiary alicyclic amines) is 1. The Kier molecular flexibility index (Phi) is 4.33. The van der Waals surface area contributed by atoms with Crippen LogP contribution < -0.4 is 0 Å². The molecule has 0 aromatic rings. The summed E-state index contributed by atoms with van der Waals surface area (Å²) in [6.45, 7) is 6.26. The third-order valence-electron chi connectivity index (χ3n) is 2.56. The van der Waals surface area contributed by atoms with Crippen molar-refractivity contribution < 1.29 is 4.74 Å². The molecule has 2 nitrogen and oxygen atoms in total. The molecule has 1 saturated heterocycles. The number of halogens is 1. The van der Waals surface area contributed by atoms with Crippen molar-refractivity contribution in [2.24, 2.45) is 5.92 Å². The predicted molar refractivity (Wildman–Crippen MR) is 51.7 cm³/mol. The molecule has 0 radical (unpaired) electrons. The van der Waals surface area contributed by atoms with E-state index >= 15 is 0 Å². The number of ether oxygens (including phenoxy) is 1. The van der Waals surface area contributed by atoms with E-state index < -0.39 is 0 Å². The molecule has 72 valence electrons. The predicted octanol–water partition coefficient (Wildman–Crippen LogP) is 1.58. The molecule has 12 heavy (non-hydrogen) atoms. The van der Waals surface area contributed by atoms with Crippen molar-refractivity contribution in [2.75, 3.05) is 33.4 Å². The summed E-state index contributed by atoms with van der Waals surface area (Å²) in [6, 6.07) is 0. The molecule has 0 bridgehead atoms. The van der Waals surface area contributed by atoms with Gasteiger partial charge < -0.3 is 4.74 Å². The molecule has 2 unspecified atom stereocenters. The molecule has 0 aromatic heterocycles. The van der Waals surface area contributed by atoms with Crippen molar-refractivity contribution in [3.63, 3.8) is 0 Å². The van der Waals surface area contributed by atoms with E-state index in [-0.39, 0.29) is 0 Å². The van der Waals surface area contributed by atoms with Crippen molar-refractivity contribution >= 4 is 11.6 Å². The first-order valence-electron chi connectivity index (χ1n) is 4.59. The summed E-state index contributed by atoms with van der Waals surface area (Å²) < 4.78 is 5.02. The second kappa shape index (κ2) is 5.05. The van der Waals surface area contributed by atoms with Crippen molar-refractivity contribution in [3.8, 4) is 0 Å². The zero-order chi connectivity index (χ0) is 8.97. The Bertz CT molecular complexity index is 130. The fourth-order valence-electron chi connectivity index (χ4n) is 1.51. The quantitative estimate of drug-likeness (QED) is 0.629. The van der Waals surface area contributed by atoms with Gasteiger partial charge in [0.1, 0.15) is 0 Å². The van der Waals surface area contributed by atoms with E-state index in [1.165, 1.54) is 13.0 Å². The van der Waals surface area contributed by atoms with Gasteiger partial charge in [0, 0.05) is 25.6 Å². The molecule has 2 atom stereocenters. The second-order valence-electron chi connectivity index (χ2n) is 3.58. The summed E-state index contributed by atoms with van der Waals surface area (Å²) in [6.07, 6.45) is 1.22. The number of piperidine rings is 1. The number of nitrogens with zero attached hydrogens (tertiary/aromatic N) is 1. The van der Waals surface area contributed by atoms with Crippen molar-refractivity contribution in [1.29, 1.82) is 0 Å². The molecule has 3 heteroatoms. The third kappa shape index (κ3) is 2.92. The summed E-state index contributed by atoms with van der Waals surface area (Å²) in [5.74, 6) is 0.672. The zero-order valence-electron chi connectivity index (χ0n) is 7.92. The molecule has 1 heterocycles. The first-order valence-corrected chi connectivity index (χ1v) is 5.03. The molecule has 1 aliphatic heterocycles. The lowest BCUT2D eigenvalue weighted by molar-refractivity contribution is 0.125. The van der Waals surface area contributed by atoms with E-state index in [1.54, 1.807) is 7.11 Å². The Labute approximate surface area is 79.8 Å². The van der Waals surface area contributed by atoms with Gasteiger partial charge in [0.2, 0.25) is 0 Å². The zero-order valence-corrected chi connectivity index (χ0v) is 8.68. The molecule has 0 amide bonds. The Morgan fingerprint density at radius 2 is 2.33 bits per heavy atom. The van der Waals surface area contributed by atoms with Crippen molar-refractivity contribution in [2.45, 2.75) is 18.7 Å². The average molecular weight is 192 g/mol. The van der Waals surface area contributed by atoms with E-state index in [1.807, 2.05) is 0 Å². The van der Waals surface area contributed by atoms with Crippen molar-refractivity contribution in [3.05, 3.63) is 0 Å². The van der Waals surface area contributed by atoms with Crippen LogP contribution >= 0.6 is 11.6 Å². The molecule has 1 fully saturated rings. The Hall–Kier alpha value is 0.210. The van der Waals surface area contributed by atoms with E-state index in [9.17, 15) is 0 Å². The number of rotatable bonds is 3. The minimum Gasteiger partial charge on any atom is -0.383 e. The summed E-state index contributed by atoms with van der Waals surface area (Å²) in [5, 5.41) is 0.329. The van der Waals surface area contributed by atoms with Gasteiger partial charge in [-0.2, -0.15) is 0 Å². The lowest BCUT2D eigenvalue weighted by atomic mass is 9.99. The Balaban J connectivity index is 2.21. The maximum absolute atomic E-state index is 6.16. The van der Waals surface area contributed by atoms with Crippen LogP contribution in [0.3, 0.4) is 0 Å². The van der Waals surface area contributed by atoms with Crippen LogP contribution in [0.25, 0.3) is 0 Å². The molecule has 0 aliphatic carbocycles. The fourth-order valence-corrected chi connectivity index (χ4v) is 1.83. The van der Waals surface area contributed by atoms with Gasteiger partial charge in [-0.3, -0.25) is 4.90 Å². The van der Waals surface area contributed by atoms with E-state index in [2.05, 4.69) is 11.8 Å². The van der Waals surface area contributed by atoms with Gasteiger partial charge in [-0.15, -0.1) is 11.6 Å². The highest BCUT2D eigenvalue weighted by molar-refractivity contribution is 6.21. The summed E-state index contributed by atoms with van der Waals surface area (Å²) >= 11 is 6.16. The SMILES string of the molecule is COCCN1CCC(C)C(Cl)C1. The average Bonchev–Trinajstić information content (AvgIpc) is 2.07. The van der Waals surface area contributed by atoms with Crippen LogP contribution in [0, 0.1) is 5.92 Å². The van der Waals surface area contributed by atoms with Crippen LogP contribution in [0.5, 0.6) is 0 Å². The minimum atomic E-state index is 0.329. The van der Waals surface area contributed by atoms with Gasteiger partial charge in [-0.05, 0) is 18.9 Å². The van der Waals surface area contributed by atoms with E-state index in [0.29, 0.717) is 11.3 Å². The normalized spacial score (nSPS) is 32.2. The van der Waals surface area contributed by atoms with Gasteiger partial charge in [-0.25, -0.2) is 0 Å². The van der Waals surface area contributed by atoms with Crippen LogP contribution in [0.1, 0.15) is 13.3 Å². The first-order chi connectivity index (χ1) is 5.74. The Morgan fingerprint density at radius 1 is 1.58 bits per heavy atom. The summed E-state index contributed by atoms with van der Waals surface area (Å²) in [5.41, 5.74) is 0. The molecule has 0 aromatic carbocycles. The molecular weight excluding hydrogens is 174 g/mol. The lowest BCUT2D eigenvalue weighted by Gasteiger charge is -2.33. The molecule has 1 rings (SSSR count). The highest BCUT2D eigenvalue weighted by Gasteiger charge is 2.23. The van der Waals surface area contributed by atoms with Gasteiger partial charge in [0.05, 0.1) is 6.61 Å². The second-order valence-corrected chi connectivity index (χ2v) is 4.14. The highest BCUT2D eigenvalue weighted by Crippen LogP contribution is 2.21. The largest absolute Gasteiger partial charge is 0.383 e. The maximum Gasteiger partial charge on any atom is 0.0589 e. The van der Waals surface area contributed by atoms with E-state index in [4.69, 9.17) is 16.3 Å². The van der Waals surface area contributed by atoms with Crippen LogP contribution in [0.2, 0.25) is 0 Å². The third-order valence-corrected chi connectivity index (χ3v) is 3.13. The van der Waals surface area contributed by atoms with Crippen LogP contribution in [-0.2, 0) is 4.74 Å². The topological polar surface area (TPSA) is 12.5 Å². The van der Waals surface area contributed by atoms with Crippen LogP contribution in [0.4, 0.5) is 0 Å². The van der Waals surface area contributed by atoms with Gasteiger partial charge in [0.15, 0.2) is 0 Å². The van der Waals surface area contributed by atoms with Gasteiger partial charge in [0.25, 0.3) is 0 Å². The molecule has 0 spiro atoms. The summed E-state index contributed by atoms with van der Waals surface area (Å²) in [7, 11) is 1.74. The highest BCUT2D eigenvalue weighted by atomic mass is 35.5. The van der Waals surface area contributed by atoms with Gasteiger partial charge >= 0.3 is 0 Å². The van der Waals surface area contributed by atoms with Crippen LogP contribution in [0.15, 0.2) is 0 Å². The summed E-state index contributed by atoms with van der Waals surface area (Å²) in [4.78, 5) is 2.38. The molecule has 1 aliphatic rings. The lowest BCUT2D eigenvalue weighted by Crippen LogP contribution is -2.41. The Morgan fingerprint density at radius 3 is 2.92 bits per heavy atom. The standard InChI is InChI=1S/C9H18ClNO/c1-8-3-4-11(5-6-12-2)7-9(8)10/h8-9H,3-7H2,1-2H3. The smallest absolute Gasteiger partial charge is 0.0589 e. The molecule has 0 saturated carbocycles. The monoisotopic (exact) mass is 191 g/mol. The number of hydrogen-bond donors (Lipinski definition) is 0. The maximum atomic E-state index is 6.16. The molecular formula is C9H18ClNO. The first kappa shape index (κ1) is 10.3.